The molecular weight excluding hydrogens is 228 g/mol. The maximum Gasteiger partial charge on any atom is 0.338 e. The van der Waals surface area contributed by atoms with Gasteiger partial charge < -0.3 is 9.29 Å². The summed E-state index contributed by atoms with van der Waals surface area (Å²) >= 11 is 0. The van der Waals surface area contributed by atoms with Crippen LogP contribution in [-0.4, -0.2) is 13.5 Å². The van der Waals surface area contributed by atoms with E-state index in [9.17, 15) is 8.42 Å². The lowest BCUT2D eigenvalue weighted by molar-refractivity contribution is 0.352. The highest BCUT2D eigenvalue weighted by Gasteiger charge is 2.13. The minimum atomic E-state index is -3.82. The Hall–Kier alpha value is -1.49. The molecule has 1 aromatic rings. The zero-order valence-corrected chi connectivity index (χ0v) is 9.99. The number of hydrogen-bond acceptors (Lipinski definition) is 4. The zero-order valence-electron chi connectivity index (χ0n) is 9.17. The molecule has 0 aliphatic carbocycles. The van der Waals surface area contributed by atoms with Crippen molar-refractivity contribution in [1.82, 2.24) is 0 Å². The molecule has 1 N–H and O–H groups in total. The van der Waals surface area contributed by atoms with Crippen LogP contribution in [0, 0.1) is 6.92 Å². The second kappa shape index (κ2) is 5.03. The first-order chi connectivity index (χ1) is 7.45. The molecule has 0 unspecified atom stereocenters. The van der Waals surface area contributed by atoms with Gasteiger partial charge in [-0.2, -0.15) is 8.42 Å². The molecule has 1 aromatic carbocycles. The molecule has 0 bridgehead atoms. The van der Waals surface area contributed by atoms with E-state index in [4.69, 9.17) is 5.11 Å². The number of benzene rings is 1. The van der Waals surface area contributed by atoms with Gasteiger partial charge in [-0.3, -0.25) is 0 Å². The fourth-order valence-corrected chi connectivity index (χ4v) is 1.78. The van der Waals surface area contributed by atoms with E-state index in [1.54, 1.807) is 19.1 Å². The van der Waals surface area contributed by atoms with Crippen LogP contribution in [0.25, 0.3) is 0 Å². The van der Waals surface area contributed by atoms with E-state index in [1.807, 2.05) is 6.92 Å². The monoisotopic (exact) mass is 242 g/mol. The Balaban J connectivity index is 2.91. The summed E-state index contributed by atoms with van der Waals surface area (Å²) in [5.41, 5.74) is 0.964. The predicted octanol–water partition coefficient (Wildman–Crippen LogP) is 2.51. The Labute approximate surface area is 95.3 Å². The number of allylic oxidation sites excluding steroid dienone is 1. The standard InChI is InChI=1S/C11H14O4S/c1-3-10(12)8-15-16(13,14)11-6-4-9(2)5-7-11/h4-8,12H,3H2,1-2H3/b10-8-. The average Bonchev–Trinajstić information content (AvgIpc) is 2.26. The van der Waals surface area contributed by atoms with Gasteiger partial charge in [0.05, 0.1) is 0 Å². The van der Waals surface area contributed by atoms with Gasteiger partial charge in [0.2, 0.25) is 0 Å². The Morgan fingerprint density at radius 3 is 2.44 bits per heavy atom. The van der Waals surface area contributed by atoms with Crippen molar-refractivity contribution in [3.63, 3.8) is 0 Å². The number of aliphatic hydroxyl groups is 1. The topological polar surface area (TPSA) is 63.6 Å². The molecule has 0 atom stereocenters. The summed E-state index contributed by atoms with van der Waals surface area (Å²) < 4.78 is 27.7. The molecule has 4 nitrogen and oxygen atoms in total. The van der Waals surface area contributed by atoms with E-state index in [-0.39, 0.29) is 10.7 Å². The van der Waals surface area contributed by atoms with Crippen molar-refractivity contribution in [3.8, 4) is 0 Å². The van der Waals surface area contributed by atoms with E-state index >= 15 is 0 Å². The van der Waals surface area contributed by atoms with Crippen molar-refractivity contribution in [2.24, 2.45) is 0 Å². The maximum absolute atomic E-state index is 11.6. The van der Waals surface area contributed by atoms with Crippen LogP contribution in [0.4, 0.5) is 0 Å². The van der Waals surface area contributed by atoms with E-state index in [0.29, 0.717) is 6.42 Å². The molecule has 0 amide bonds. The Kier molecular flexibility index (Phi) is 3.95. The molecule has 0 spiro atoms. The molecule has 0 aliphatic heterocycles. The van der Waals surface area contributed by atoms with Crippen molar-refractivity contribution in [3.05, 3.63) is 41.9 Å². The first-order valence-electron chi connectivity index (χ1n) is 4.83. The molecule has 0 heterocycles. The summed E-state index contributed by atoms with van der Waals surface area (Å²) in [6.07, 6.45) is 1.17. The van der Waals surface area contributed by atoms with E-state index in [2.05, 4.69) is 4.18 Å². The van der Waals surface area contributed by atoms with Crippen LogP contribution < -0.4 is 0 Å². The fraction of sp³-hybridized carbons (Fsp3) is 0.273. The summed E-state index contributed by atoms with van der Waals surface area (Å²) in [7, 11) is -3.82. The number of hydrogen-bond donors (Lipinski definition) is 1. The van der Waals surface area contributed by atoms with Gasteiger partial charge in [0, 0.05) is 6.42 Å². The molecule has 0 radical (unpaired) electrons. The van der Waals surface area contributed by atoms with Crippen molar-refractivity contribution in [2.45, 2.75) is 25.2 Å². The van der Waals surface area contributed by atoms with Crippen LogP contribution in [0.1, 0.15) is 18.9 Å². The van der Waals surface area contributed by atoms with Crippen molar-refractivity contribution in [1.29, 1.82) is 0 Å². The molecule has 0 fully saturated rings. The molecule has 0 aliphatic rings. The van der Waals surface area contributed by atoms with Crippen LogP contribution in [0.2, 0.25) is 0 Å². The van der Waals surface area contributed by atoms with Crippen molar-refractivity contribution >= 4 is 10.1 Å². The van der Waals surface area contributed by atoms with Gasteiger partial charge in [-0.15, -0.1) is 0 Å². The lowest BCUT2D eigenvalue weighted by Gasteiger charge is -2.03. The van der Waals surface area contributed by atoms with Crippen LogP contribution in [-0.2, 0) is 14.3 Å². The van der Waals surface area contributed by atoms with E-state index in [0.717, 1.165) is 11.8 Å². The lowest BCUT2D eigenvalue weighted by Crippen LogP contribution is -2.02. The van der Waals surface area contributed by atoms with E-state index in [1.165, 1.54) is 12.1 Å². The first kappa shape index (κ1) is 12.6. The number of rotatable bonds is 4. The highest BCUT2D eigenvalue weighted by Crippen LogP contribution is 2.14. The molecule has 1 rings (SSSR count). The van der Waals surface area contributed by atoms with Gasteiger partial charge in [-0.1, -0.05) is 24.6 Å². The van der Waals surface area contributed by atoms with Gasteiger partial charge in [-0.25, -0.2) is 0 Å². The SMILES string of the molecule is CC/C(O)=C/OS(=O)(=O)c1ccc(C)cc1. The minimum Gasteiger partial charge on any atom is -0.509 e. The van der Waals surface area contributed by atoms with Gasteiger partial charge in [0.1, 0.15) is 16.9 Å². The second-order valence-corrected chi connectivity index (χ2v) is 4.90. The molecular formula is C11H14O4S. The van der Waals surface area contributed by atoms with Gasteiger partial charge in [-0.05, 0) is 19.1 Å². The van der Waals surface area contributed by atoms with Gasteiger partial charge >= 0.3 is 10.1 Å². The molecule has 0 saturated heterocycles. The predicted molar refractivity (Wildman–Crippen MR) is 60.5 cm³/mol. The van der Waals surface area contributed by atoms with Crippen molar-refractivity contribution < 1.29 is 17.7 Å². The second-order valence-electron chi connectivity index (χ2n) is 3.33. The Bertz CT molecular complexity index is 471. The Morgan fingerprint density at radius 2 is 1.94 bits per heavy atom. The molecule has 0 saturated carbocycles. The summed E-state index contributed by atoms with van der Waals surface area (Å²) in [5, 5.41) is 9.08. The number of aliphatic hydroxyl groups excluding tert-OH is 1. The summed E-state index contributed by atoms with van der Waals surface area (Å²) in [5.74, 6) is -0.115. The van der Waals surface area contributed by atoms with Gasteiger partial charge in [0.25, 0.3) is 0 Å². The summed E-state index contributed by atoms with van der Waals surface area (Å²) in [6, 6.07) is 6.28. The van der Waals surface area contributed by atoms with Crippen LogP contribution >= 0.6 is 0 Å². The summed E-state index contributed by atoms with van der Waals surface area (Å²) in [4.78, 5) is 0.0678. The lowest BCUT2D eigenvalue weighted by atomic mass is 10.2. The molecule has 5 heteroatoms. The third-order valence-corrected chi connectivity index (χ3v) is 3.18. The van der Waals surface area contributed by atoms with Gasteiger partial charge in [0.15, 0.2) is 0 Å². The van der Waals surface area contributed by atoms with Crippen molar-refractivity contribution in [2.75, 3.05) is 0 Å². The Morgan fingerprint density at radius 1 is 1.38 bits per heavy atom. The quantitative estimate of drug-likeness (QED) is 0.651. The van der Waals surface area contributed by atoms with Crippen LogP contribution in [0.3, 0.4) is 0 Å². The summed E-state index contributed by atoms with van der Waals surface area (Å²) in [6.45, 7) is 3.55. The minimum absolute atomic E-state index is 0.0678. The normalized spacial score (nSPS) is 12.5. The third kappa shape index (κ3) is 3.27. The maximum atomic E-state index is 11.6. The molecule has 88 valence electrons. The smallest absolute Gasteiger partial charge is 0.338 e. The fourth-order valence-electron chi connectivity index (χ4n) is 0.963. The highest BCUT2D eigenvalue weighted by molar-refractivity contribution is 7.86. The van der Waals surface area contributed by atoms with E-state index < -0.39 is 10.1 Å². The zero-order chi connectivity index (χ0) is 12.2. The van der Waals surface area contributed by atoms with Crippen LogP contribution in [0.15, 0.2) is 41.2 Å². The first-order valence-corrected chi connectivity index (χ1v) is 6.24. The molecule has 0 aromatic heterocycles. The number of aryl methyl sites for hydroxylation is 1. The molecule has 16 heavy (non-hydrogen) atoms. The van der Waals surface area contributed by atoms with Crippen LogP contribution in [0.5, 0.6) is 0 Å². The highest BCUT2D eigenvalue weighted by atomic mass is 32.2. The largest absolute Gasteiger partial charge is 0.509 e. The average molecular weight is 242 g/mol. The third-order valence-electron chi connectivity index (χ3n) is 1.98.